The Balaban J connectivity index is 1.98. The maximum atomic E-state index is 13.0. The van der Waals surface area contributed by atoms with Gasteiger partial charge in [-0.2, -0.15) is 4.31 Å². The van der Waals surface area contributed by atoms with Crippen molar-refractivity contribution in [3.05, 3.63) is 50.9 Å². The van der Waals surface area contributed by atoms with E-state index in [0.717, 1.165) is 4.57 Å². The smallest absolute Gasteiger partial charge is 0.324 e. The monoisotopic (exact) mass is 476 g/mol. The third kappa shape index (κ3) is 4.11. The molecule has 0 aliphatic rings. The van der Waals surface area contributed by atoms with Crippen LogP contribution in [-0.4, -0.2) is 50.4 Å². The van der Waals surface area contributed by atoms with Gasteiger partial charge in [0.25, 0.3) is 5.56 Å². The number of sulfonamides is 1. The van der Waals surface area contributed by atoms with Gasteiger partial charge >= 0.3 is 5.69 Å². The number of anilines is 1. The van der Waals surface area contributed by atoms with Crippen molar-refractivity contribution in [2.75, 3.05) is 18.4 Å². The first kappa shape index (κ1) is 24.4. The van der Waals surface area contributed by atoms with Crippen LogP contribution in [0.1, 0.15) is 32.4 Å². The lowest BCUT2D eigenvalue weighted by Crippen LogP contribution is -2.38. The number of fused-ring (bicyclic) bond motifs is 1. The number of imidazole rings is 1. The van der Waals surface area contributed by atoms with E-state index in [1.807, 2.05) is 0 Å². The molecule has 1 amide bonds. The van der Waals surface area contributed by atoms with Gasteiger partial charge < -0.3 is 9.88 Å². The lowest BCUT2D eigenvalue weighted by molar-refractivity contribution is -0.118. The second-order valence-corrected chi connectivity index (χ2v) is 9.67. The summed E-state index contributed by atoms with van der Waals surface area (Å²) in [4.78, 5) is 42.1. The molecule has 178 valence electrons. The van der Waals surface area contributed by atoms with E-state index in [4.69, 9.17) is 0 Å². The Bertz CT molecular complexity index is 1450. The zero-order valence-corrected chi connectivity index (χ0v) is 20.3. The zero-order valence-electron chi connectivity index (χ0n) is 19.5. The summed E-state index contributed by atoms with van der Waals surface area (Å²) in [7, 11) is -0.857. The molecular formula is C21H28N6O5S. The van der Waals surface area contributed by atoms with E-state index in [2.05, 4.69) is 10.3 Å². The Labute approximate surface area is 191 Å². The molecule has 0 bridgehead atoms. The van der Waals surface area contributed by atoms with Crippen molar-refractivity contribution in [1.29, 1.82) is 0 Å². The van der Waals surface area contributed by atoms with E-state index >= 15 is 0 Å². The van der Waals surface area contributed by atoms with Crippen LogP contribution in [0.4, 0.5) is 5.69 Å². The van der Waals surface area contributed by atoms with Crippen LogP contribution in [0.2, 0.25) is 0 Å². The minimum Gasteiger partial charge on any atom is -0.324 e. The standard InChI is InChI=1S/C21H28N6O5S/c1-7-26(8-2)33(31,32)16-11-15(10-9-13(16)3)23-19(28)14(4)27-12-22-18-17(27)20(29)25(6)21(30)24(18)5/h9-12,14H,7-8H2,1-6H3,(H,23,28)/t14-/m0/s1. The van der Waals surface area contributed by atoms with Crippen LogP contribution in [-0.2, 0) is 28.9 Å². The van der Waals surface area contributed by atoms with Gasteiger partial charge in [0.05, 0.1) is 11.2 Å². The molecule has 12 heteroatoms. The average molecular weight is 477 g/mol. The molecule has 11 nitrogen and oxygen atoms in total. The molecule has 0 aliphatic carbocycles. The minimum atomic E-state index is -3.71. The number of benzene rings is 1. The number of amides is 1. The average Bonchev–Trinajstić information content (AvgIpc) is 3.22. The third-order valence-corrected chi connectivity index (χ3v) is 7.94. The molecule has 0 aliphatic heterocycles. The molecule has 0 saturated heterocycles. The van der Waals surface area contributed by atoms with Crippen molar-refractivity contribution in [2.45, 2.75) is 38.6 Å². The molecule has 2 aromatic heterocycles. The number of aromatic nitrogens is 4. The van der Waals surface area contributed by atoms with Crippen LogP contribution in [0.5, 0.6) is 0 Å². The fourth-order valence-corrected chi connectivity index (χ4v) is 5.40. The van der Waals surface area contributed by atoms with Crippen LogP contribution in [0, 0.1) is 6.92 Å². The Morgan fingerprint density at radius 3 is 2.39 bits per heavy atom. The molecule has 0 spiro atoms. The molecule has 33 heavy (non-hydrogen) atoms. The zero-order chi connectivity index (χ0) is 24.7. The number of carbonyl (C=O) groups excluding carboxylic acids is 1. The number of hydrogen-bond acceptors (Lipinski definition) is 6. The predicted molar refractivity (Wildman–Crippen MR) is 125 cm³/mol. The van der Waals surface area contributed by atoms with E-state index < -0.39 is 33.2 Å². The Morgan fingerprint density at radius 1 is 1.15 bits per heavy atom. The molecule has 1 N–H and O–H groups in total. The van der Waals surface area contributed by atoms with Gasteiger partial charge in [0.1, 0.15) is 6.04 Å². The second-order valence-electron chi connectivity index (χ2n) is 7.76. The number of nitrogens with one attached hydrogen (secondary N) is 1. The highest BCUT2D eigenvalue weighted by atomic mass is 32.2. The molecule has 0 saturated carbocycles. The summed E-state index contributed by atoms with van der Waals surface area (Å²) in [6, 6.07) is 3.83. The van der Waals surface area contributed by atoms with Gasteiger partial charge in [-0.25, -0.2) is 18.2 Å². The number of aryl methyl sites for hydroxylation is 2. The Hall–Kier alpha value is -3.25. The number of carbonyl (C=O) groups is 1. The van der Waals surface area contributed by atoms with Crippen LogP contribution < -0.4 is 16.6 Å². The minimum absolute atomic E-state index is 0.119. The summed E-state index contributed by atoms with van der Waals surface area (Å²) in [6.07, 6.45) is 1.33. The first-order valence-electron chi connectivity index (χ1n) is 10.5. The molecule has 1 atom stereocenters. The molecular weight excluding hydrogens is 448 g/mol. The van der Waals surface area contributed by atoms with Crippen LogP contribution >= 0.6 is 0 Å². The van der Waals surface area contributed by atoms with E-state index in [0.29, 0.717) is 24.3 Å². The summed E-state index contributed by atoms with van der Waals surface area (Å²) in [5, 5.41) is 2.72. The predicted octanol–water partition coefficient (Wildman–Crippen LogP) is 0.972. The van der Waals surface area contributed by atoms with Gasteiger partial charge in [0, 0.05) is 32.9 Å². The quantitative estimate of drug-likeness (QED) is 0.541. The second kappa shape index (κ2) is 8.94. The molecule has 3 rings (SSSR count). The molecule has 3 aromatic rings. The van der Waals surface area contributed by atoms with Crippen LogP contribution in [0.3, 0.4) is 0 Å². The van der Waals surface area contributed by atoms with Gasteiger partial charge in [0.15, 0.2) is 11.2 Å². The highest BCUT2D eigenvalue weighted by Gasteiger charge is 2.25. The van der Waals surface area contributed by atoms with E-state index in [9.17, 15) is 22.8 Å². The fraction of sp³-hybridized carbons (Fsp3) is 0.429. The lowest BCUT2D eigenvalue weighted by atomic mass is 10.2. The van der Waals surface area contributed by atoms with Crippen molar-refractivity contribution < 1.29 is 13.2 Å². The molecule has 0 fully saturated rings. The van der Waals surface area contributed by atoms with Crippen molar-refractivity contribution >= 4 is 32.8 Å². The van der Waals surface area contributed by atoms with Crippen molar-refractivity contribution in [3.8, 4) is 0 Å². The summed E-state index contributed by atoms with van der Waals surface area (Å²) < 4.78 is 30.9. The number of nitrogens with zero attached hydrogens (tertiary/aromatic N) is 5. The lowest BCUT2D eigenvalue weighted by Gasteiger charge is -2.21. The van der Waals surface area contributed by atoms with Crippen molar-refractivity contribution in [1.82, 2.24) is 23.0 Å². The van der Waals surface area contributed by atoms with Gasteiger partial charge in [0.2, 0.25) is 15.9 Å². The first-order chi connectivity index (χ1) is 15.4. The van der Waals surface area contributed by atoms with Gasteiger partial charge in [-0.05, 0) is 31.5 Å². The highest BCUT2D eigenvalue weighted by Crippen LogP contribution is 2.24. The SMILES string of the molecule is CCN(CC)S(=O)(=O)c1cc(NC(=O)[C@H](C)n2cnc3c2c(=O)n(C)c(=O)n3C)ccc1C. The van der Waals surface area contributed by atoms with Crippen LogP contribution in [0.25, 0.3) is 11.2 Å². The summed E-state index contributed by atoms with van der Waals surface area (Å²) in [6.45, 7) is 7.47. The van der Waals surface area contributed by atoms with Crippen molar-refractivity contribution in [3.63, 3.8) is 0 Å². The molecule has 2 heterocycles. The number of rotatable bonds is 7. The van der Waals surface area contributed by atoms with Crippen molar-refractivity contribution in [2.24, 2.45) is 14.1 Å². The summed E-state index contributed by atoms with van der Waals surface area (Å²) >= 11 is 0. The highest BCUT2D eigenvalue weighted by molar-refractivity contribution is 7.89. The maximum Gasteiger partial charge on any atom is 0.332 e. The number of hydrogen-bond donors (Lipinski definition) is 1. The van der Waals surface area contributed by atoms with Crippen LogP contribution in [0.15, 0.2) is 39.0 Å². The third-order valence-electron chi connectivity index (χ3n) is 5.75. The molecule has 0 radical (unpaired) electrons. The molecule has 1 aromatic carbocycles. The largest absolute Gasteiger partial charge is 0.332 e. The first-order valence-corrected chi connectivity index (χ1v) is 11.9. The van der Waals surface area contributed by atoms with Gasteiger partial charge in [-0.3, -0.25) is 18.7 Å². The van der Waals surface area contributed by atoms with Gasteiger partial charge in [-0.1, -0.05) is 19.9 Å². The Kier molecular flexibility index (Phi) is 6.61. The van der Waals surface area contributed by atoms with E-state index in [-0.39, 0.29) is 16.1 Å². The molecule has 0 unspecified atom stereocenters. The summed E-state index contributed by atoms with van der Waals surface area (Å²) in [5.41, 5.74) is 0.0946. The Morgan fingerprint density at radius 2 is 1.79 bits per heavy atom. The van der Waals surface area contributed by atoms with Gasteiger partial charge in [-0.15, -0.1) is 0 Å². The topological polar surface area (TPSA) is 128 Å². The maximum absolute atomic E-state index is 13.0. The van der Waals surface area contributed by atoms with E-state index in [1.54, 1.807) is 39.8 Å². The fourth-order valence-electron chi connectivity index (χ4n) is 3.69. The summed E-state index contributed by atoms with van der Waals surface area (Å²) in [5.74, 6) is -0.472. The van der Waals surface area contributed by atoms with E-state index in [1.165, 1.54) is 39.9 Å². The normalized spacial score (nSPS) is 12.9.